The fraction of sp³-hybridized carbons (Fsp3) is 0.150. The van der Waals surface area contributed by atoms with Gasteiger partial charge < -0.3 is 20.5 Å². The van der Waals surface area contributed by atoms with E-state index in [9.17, 15) is 4.79 Å². The highest BCUT2D eigenvalue weighted by atomic mass is 16.5. The number of methoxy groups -OCH3 is 1. The monoisotopic (exact) mass is 364 g/mol. The lowest BCUT2D eigenvalue weighted by atomic mass is 10.1. The zero-order valence-corrected chi connectivity index (χ0v) is 15.3. The molecule has 0 aliphatic carbocycles. The van der Waals surface area contributed by atoms with Gasteiger partial charge in [-0.2, -0.15) is 4.98 Å². The molecule has 0 amide bonds. The molecular weight excluding hydrogens is 344 g/mol. The Kier molecular flexibility index (Phi) is 5.21. The molecule has 138 valence electrons. The van der Waals surface area contributed by atoms with E-state index < -0.39 is 5.97 Å². The van der Waals surface area contributed by atoms with Gasteiger partial charge in [0.2, 0.25) is 5.88 Å². The van der Waals surface area contributed by atoms with Crippen molar-refractivity contribution >= 4 is 23.2 Å². The first-order chi connectivity index (χ1) is 13.0. The van der Waals surface area contributed by atoms with Gasteiger partial charge >= 0.3 is 5.97 Å². The minimum Gasteiger partial charge on any atom is -0.465 e. The summed E-state index contributed by atoms with van der Waals surface area (Å²) in [5.74, 6) is 0.761. The molecule has 7 heteroatoms. The number of rotatable bonds is 5. The van der Waals surface area contributed by atoms with Crippen LogP contribution in [0.5, 0.6) is 11.6 Å². The van der Waals surface area contributed by atoms with Gasteiger partial charge in [-0.1, -0.05) is 12.1 Å². The van der Waals surface area contributed by atoms with Crippen LogP contribution in [-0.2, 0) is 4.74 Å². The average molecular weight is 364 g/mol. The third kappa shape index (κ3) is 4.14. The molecule has 2 aromatic carbocycles. The van der Waals surface area contributed by atoms with Gasteiger partial charge in [-0.3, -0.25) is 0 Å². The minimum atomic E-state index is -0.414. The van der Waals surface area contributed by atoms with Crippen LogP contribution in [0.3, 0.4) is 0 Å². The fourth-order valence-corrected chi connectivity index (χ4v) is 2.45. The topological polar surface area (TPSA) is 99.4 Å². The lowest BCUT2D eigenvalue weighted by Crippen LogP contribution is -2.04. The predicted octanol–water partition coefficient (Wildman–Crippen LogP) is 4.00. The summed E-state index contributed by atoms with van der Waals surface area (Å²) in [7, 11) is 1.33. The molecule has 3 rings (SSSR count). The highest BCUT2D eigenvalue weighted by molar-refractivity contribution is 5.89. The van der Waals surface area contributed by atoms with E-state index in [1.165, 1.54) is 13.4 Å². The van der Waals surface area contributed by atoms with Crippen LogP contribution in [0.1, 0.15) is 21.5 Å². The number of nitrogens with one attached hydrogen (secondary N) is 1. The summed E-state index contributed by atoms with van der Waals surface area (Å²) in [6, 6.07) is 12.6. The SMILES string of the molecule is COC(=O)c1ccc(Oc2ncnc(Nc3cc(C)ccc3C)c2N)cc1. The Labute approximate surface area is 157 Å². The summed E-state index contributed by atoms with van der Waals surface area (Å²) < 4.78 is 10.4. The molecule has 0 saturated carbocycles. The Bertz CT molecular complexity index is 971. The van der Waals surface area contributed by atoms with Crippen molar-refractivity contribution < 1.29 is 14.3 Å². The van der Waals surface area contributed by atoms with E-state index in [2.05, 4.69) is 20.0 Å². The number of nitrogen functional groups attached to an aromatic ring is 1. The number of carbonyl (C=O) groups is 1. The number of hydrogen-bond donors (Lipinski definition) is 2. The Hall–Kier alpha value is -3.61. The Balaban J connectivity index is 1.82. The van der Waals surface area contributed by atoms with Crippen molar-refractivity contribution in [3.63, 3.8) is 0 Å². The van der Waals surface area contributed by atoms with E-state index in [1.807, 2.05) is 32.0 Å². The number of carbonyl (C=O) groups excluding carboxylic acids is 1. The van der Waals surface area contributed by atoms with Crippen molar-refractivity contribution in [1.82, 2.24) is 9.97 Å². The van der Waals surface area contributed by atoms with Gasteiger partial charge in [-0.25, -0.2) is 9.78 Å². The van der Waals surface area contributed by atoms with Gasteiger partial charge in [0.25, 0.3) is 0 Å². The van der Waals surface area contributed by atoms with Gasteiger partial charge in [-0.05, 0) is 55.3 Å². The van der Waals surface area contributed by atoms with Crippen molar-refractivity contribution in [2.75, 3.05) is 18.2 Å². The van der Waals surface area contributed by atoms with Crippen LogP contribution in [0.2, 0.25) is 0 Å². The molecule has 0 bridgehead atoms. The van der Waals surface area contributed by atoms with Crippen molar-refractivity contribution in [2.45, 2.75) is 13.8 Å². The zero-order chi connectivity index (χ0) is 19.4. The van der Waals surface area contributed by atoms with Crippen molar-refractivity contribution in [3.8, 4) is 11.6 Å². The van der Waals surface area contributed by atoms with E-state index in [0.717, 1.165) is 16.8 Å². The second-order valence-corrected chi connectivity index (χ2v) is 6.00. The summed E-state index contributed by atoms with van der Waals surface area (Å²) in [4.78, 5) is 19.8. The standard InChI is InChI=1S/C20H20N4O3/c1-12-4-5-13(2)16(10-12)24-18-17(21)19(23-11-22-18)27-15-8-6-14(7-9-15)20(25)26-3/h4-11H,21H2,1-3H3,(H,22,23,24). The zero-order valence-electron chi connectivity index (χ0n) is 15.3. The van der Waals surface area contributed by atoms with Crippen LogP contribution >= 0.6 is 0 Å². The summed E-state index contributed by atoms with van der Waals surface area (Å²) in [6.07, 6.45) is 1.38. The molecule has 0 saturated heterocycles. The van der Waals surface area contributed by atoms with E-state index in [0.29, 0.717) is 17.1 Å². The van der Waals surface area contributed by atoms with Gasteiger partial charge in [0.1, 0.15) is 17.8 Å². The van der Waals surface area contributed by atoms with Crippen molar-refractivity contribution in [1.29, 1.82) is 0 Å². The van der Waals surface area contributed by atoms with Gasteiger partial charge in [0, 0.05) is 5.69 Å². The maximum atomic E-state index is 11.5. The molecular formula is C20H20N4O3. The van der Waals surface area contributed by atoms with E-state index >= 15 is 0 Å². The summed E-state index contributed by atoms with van der Waals surface area (Å²) in [6.45, 7) is 4.01. The molecule has 0 atom stereocenters. The Morgan fingerprint density at radius 3 is 2.52 bits per heavy atom. The van der Waals surface area contributed by atoms with Crippen LogP contribution in [0.4, 0.5) is 17.2 Å². The van der Waals surface area contributed by atoms with E-state index in [4.69, 9.17) is 10.5 Å². The smallest absolute Gasteiger partial charge is 0.337 e. The molecule has 0 aliphatic rings. The van der Waals surface area contributed by atoms with Gasteiger partial charge in [-0.15, -0.1) is 0 Å². The van der Waals surface area contributed by atoms with Crippen molar-refractivity contribution in [2.24, 2.45) is 0 Å². The quantitative estimate of drug-likeness (QED) is 0.660. The molecule has 1 heterocycles. The summed E-state index contributed by atoms with van der Waals surface area (Å²) >= 11 is 0. The molecule has 3 N–H and O–H groups in total. The molecule has 7 nitrogen and oxygen atoms in total. The van der Waals surface area contributed by atoms with Crippen LogP contribution in [0, 0.1) is 13.8 Å². The van der Waals surface area contributed by atoms with Gasteiger partial charge in [0.05, 0.1) is 12.7 Å². The maximum Gasteiger partial charge on any atom is 0.337 e. The van der Waals surface area contributed by atoms with Crippen LogP contribution < -0.4 is 15.8 Å². The van der Waals surface area contributed by atoms with Crippen LogP contribution in [0.15, 0.2) is 48.8 Å². The number of esters is 1. The first kappa shape index (κ1) is 18.2. The summed E-state index contributed by atoms with van der Waals surface area (Å²) in [5, 5.41) is 3.22. The molecule has 27 heavy (non-hydrogen) atoms. The van der Waals surface area contributed by atoms with E-state index in [1.54, 1.807) is 24.3 Å². The minimum absolute atomic E-state index is 0.226. The second-order valence-electron chi connectivity index (χ2n) is 6.00. The third-order valence-corrected chi connectivity index (χ3v) is 3.98. The normalized spacial score (nSPS) is 10.3. The molecule has 0 aliphatic heterocycles. The maximum absolute atomic E-state index is 11.5. The molecule has 3 aromatic rings. The number of nitrogens with zero attached hydrogens (tertiary/aromatic N) is 2. The van der Waals surface area contributed by atoms with Gasteiger partial charge in [0.15, 0.2) is 5.82 Å². The Morgan fingerprint density at radius 2 is 1.81 bits per heavy atom. The lowest BCUT2D eigenvalue weighted by molar-refractivity contribution is 0.0600. The number of anilines is 3. The molecule has 0 fully saturated rings. The average Bonchev–Trinajstić information content (AvgIpc) is 2.67. The first-order valence-corrected chi connectivity index (χ1v) is 8.29. The number of aromatic nitrogens is 2. The largest absolute Gasteiger partial charge is 0.465 e. The first-order valence-electron chi connectivity index (χ1n) is 8.29. The highest BCUT2D eigenvalue weighted by Crippen LogP contribution is 2.32. The lowest BCUT2D eigenvalue weighted by Gasteiger charge is -2.13. The summed E-state index contributed by atoms with van der Waals surface area (Å²) in [5.41, 5.74) is 10.00. The number of hydrogen-bond acceptors (Lipinski definition) is 7. The molecule has 0 unspecified atom stereocenters. The number of ether oxygens (including phenoxy) is 2. The number of benzene rings is 2. The second kappa shape index (κ2) is 7.74. The van der Waals surface area contributed by atoms with E-state index in [-0.39, 0.29) is 11.6 Å². The van der Waals surface area contributed by atoms with Crippen LogP contribution in [0.25, 0.3) is 0 Å². The Morgan fingerprint density at radius 1 is 1.07 bits per heavy atom. The molecule has 1 aromatic heterocycles. The van der Waals surface area contributed by atoms with Crippen molar-refractivity contribution in [3.05, 3.63) is 65.5 Å². The highest BCUT2D eigenvalue weighted by Gasteiger charge is 2.12. The fourth-order valence-electron chi connectivity index (χ4n) is 2.45. The number of nitrogens with two attached hydrogens (primary N) is 1. The molecule has 0 spiro atoms. The number of aryl methyl sites for hydroxylation is 2. The third-order valence-electron chi connectivity index (χ3n) is 3.98. The van der Waals surface area contributed by atoms with Crippen LogP contribution in [-0.4, -0.2) is 23.0 Å². The molecule has 0 radical (unpaired) electrons. The predicted molar refractivity (Wildman–Crippen MR) is 103 cm³/mol.